The van der Waals surface area contributed by atoms with Crippen molar-refractivity contribution in [3.8, 4) is 5.69 Å². The van der Waals surface area contributed by atoms with Gasteiger partial charge >= 0.3 is 17.8 Å². The van der Waals surface area contributed by atoms with E-state index < -0.39 is 59.4 Å². The quantitative estimate of drug-likeness (QED) is 0.247. The van der Waals surface area contributed by atoms with E-state index in [9.17, 15) is 37.5 Å². The molecule has 254 valence electrons. The van der Waals surface area contributed by atoms with Crippen LogP contribution >= 0.6 is 0 Å². The molecule has 16 heteroatoms. The molecule has 0 bridgehead atoms. The number of ether oxygens (including phenoxy) is 1. The summed E-state index contributed by atoms with van der Waals surface area (Å²) in [6.07, 6.45) is -0.689. The Morgan fingerprint density at radius 2 is 1.90 bits per heavy atom. The van der Waals surface area contributed by atoms with Crippen LogP contribution < -0.4 is 21.5 Å². The molecule has 2 aromatic carbocycles. The third-order valence-electron chi connectivity index (χ3n) is 8.52. The number of nitrogens with one attached hydrogen (secondary N) is 1. The maximum absolute atomic E-state index is 15.4. The van der Waals surface area contributed by atoms with Gasteiger partial charge in [0.15, 0.2) is 0 Å². The largest absolute Gasteiger partial charge is 0.480 e. The van der Waals surface area contributed by atoms with Crippen molar-refractivity contribution in [2.45, 2.75) is 31.6 Å². The molecule has 3 aromatic heterocycles. The number of hydrogen-bond acceptors (Lipinski definition) is 8. The van der Waals surface area contributed by atoms with Crippen LogP contribution in [0.1, 0.15) is 21.5 Å². The van der Waals surface area contributed by atoms with Crippen molar-refractivity contribution in [1.82, 2.24) is 24.4 Å². The van der Waals surface area contributed by atoms with E-state index in [0.717, 1.165) is 15.5 Å². The highest BCUT2D eigenvalue weighted by molar-refractivity contribution is 5.99. The van der Waals surface area contributed by atoms with E-state index in [1.807, 2.05) is 0 Å². The van der Waals surface area contributed by atoms with Gasteiger partial charge in [-0.1, -0.05) is 12.1 Å². The fraction of sp³-hybridized carbons (Fsp3) is 0.273. The Morgan fingerprint density at radius 3 is 2.61 bits per heavy atom. The van der Waals surface area contributed by atoms with E-state index in [-0.39, 0.29) is 47.4 Å². The predicted octanol–water partition coefficient (Wildman–Crippen LogP) is 3.27. The highest BCUT2D eigenvalue weighted by atomic mass is 19.4. The number of nitrogens with zero attached hydrogens (tertiary/aromatic N) is 5. The van der Waals surface area contributed by atoms with Crippen LogP contribution in [0.4, 0.5) is 23.2 Å². The number of alkyl halides is 3. The zero-order chi connectivity index (χ0) is 35.2. The maximum Gasteiger partial charge on any atom is 0.411 e. The molecule has 0 spiro atoms. The van der Waals surface area contributed by atoms with Crippen LogP contribution in [0.25, 0.3) is 27.5 Å². The van der Waals surface area contributed by atoms with Crippen LogP contribution in [0.15, 0.2) is 70.6 Å². The van der Waals surface area contributed by atoms with E-state index in [1.54, 1.807) is 12.1 Å². The lowest BCUT2D eigenvalue weighted by Crippen LogP contribution is -2.53. The highest BCUT2D eigenvalue weighted by Crippen LogP contribution is 2.33. The lowest BCUT2D eigenvalue weighted by molar-refractivity contribution is -0.167. The van der Waals surface area contributed by atoms with Gasteiger partial charge in [0, 0.05) is 43.5 Å². The minimum absolute atomic E-state index is 0.00115. The number of carboxylic acids is 1. The number of benzene rings is 2. The number of morpholine rings is 1. The Balaban J connectivity index is 1.32. The summed E-state index contributed by atoms with van der Waals surface area (Å²) in [7, 11) is 1.49. The number of halogens is 4. The van der Waals surface area contributed by atoms with Crippen LogP contribution in [-0.2, 0) is 23.0 Å². The van der Waals surface area contributed by atoms with Crippen molar-refractivity contribution in [2.75, 3.05) is 24.7 Å². The summed E-state index contributed by atoms with van der Waals surface area (Å²) in [5.41, 5.74) is -0.817. The Morgan fingerprint density at radius 1 is 1.12 bits per heavy atom. The first-order valence-electron chi connectivity index (χ1n) is 15.0. The lowest BCUT2D eigenvalue weighted by Gasteiger charge is -2.38. The van der Waals surface area contributed by atoms with Gasteiger partial charge in [-0.15, -0.1) is 0 Å². The number of carbonyl (C=O) groups excluding carboxylic acids is 1. The van der Waals surface area contributed by atoms with Gasteiger partial charge in [-0.2, -0.15) is 13.2 Å². The third-order valence-corrected chi connectivity index (χ3v) is 8.52. The molecule has 5 aromatic rings. The number of aromatic nitrogens is 4. The van der Waals surface area contributed by atoms with Crippen molar-refractivity contribution in [3.63, 3.8) is 0 Å². The van der Waals surface area contributed by atoms with Crippen molar-refractivity contribution in [1.29, 1.82) is 0 Å². The molecule has 4 heterocycles. The SMILES string of the molecule is Cc1cc(N2CCOCC2C(F)(F)F)cc(F)c1C(=O)NC(Cc1ccc(-n2c(=O)c3ccncc3n(C)c2=O)c2ncccc12)C(=O)O. The molecule has 6 rings (SSSR count). The van der Waals surface area contributed by atoms with E-state index in [2.05, 4.69) is 15.3 Å². The number of rotatable bonds is 7. The van der Waals surface area contributed by atoms with Crippen LogP contribution in [0.3, 0.4) is 0 Å². The minimum Gasteiger partial charge on any atom is -0.480 e. The zero-order valence-corrected chi connectivity index (χ0v) is 26.0. The molecule has 2 N–H and O–H groups in total. The standard InChI is InChI=1S/C33H28F4N6O6/c1-17-12-19(42-10-11-49-16-26(42)33(35,36)37)14-22(34)27(17)29(44)40-23(31(46)47)13-18-5-6-24(28-20(18)4-3-8-39-28)43-30(45)21-7-9-38-15-25(21)41(2)32(43)48/h3-9,12,14-15,23,26H,10-11,13,16H2,1-2H3,(H,40,44)(H,46,47). The fourth-order valence-corrected chi connectivity index (χ4v) is 6.10. The van der Waals surface area contributed by atoms with Crippen molar-refractivity contribution in [2.24, 2.45) is 7.05 Å². The molecular weight excluding hydrogens is 652 g/mol. The molecule has 2 unspecified atom stereocenters. The van der Waals surface area contributed by atoms with Gasteiger partial charge in [-0.25, -0.2) is 18.5 Å². The Kier molecular flexibility index (Phi) is 8.66. The molecule has 1 saturated heterocycles. The van der Waals surface area contributed by atoms with Crippen LogP contribution in [-0.4, -0.2) is 74.1 Å². The number of carbonyl (C=O) groups is 2. The van der Waals surface area contributed by atoms with Crippen molar-refractivity contribution >= 4 is 39.4 Å². The van der Waals surface area contributed by atoms with E-state index in [1.165, 1.54) is 61.4 Å². The van der Waals surface area contributed by atoms with Gasteiger partial charge in [0.2, 0.25) is 0 Å². The van der Waals surface area contributed by atoms with Gasteiger partial charge < -0.3 is 20.1 Å². The highest BCUT2D eigenvalue weighted by Gasteiger charge is 2.45. The van der Waals surface area contributed by atoms with Gasteiger partial charge in [0.1, 0.15) is 17.9 Å². The molecule has 0 saturated carbocycles. The topological polar surface area (TPSA) is 149 Å². The normalized spacial score (nSPS) is 15.8. The number of anilines is 1. The van der Waals surface area contributed by atoms with Gasteiger partial charge in [-0.05, 0) is 48.4 Å². The number of aliphatic carboxylic acids is 1. The van der Waals surface area contributed by atoms with E-state index in [0.29, 0.717) is 16.5 Å². The molecule has 0 aliphatic carbocycles. The number of pyridine rings is 2. The predicted molar refractivity (Wildman–Crippen MR) is 170 cm³/mol. The van der Waals surface area contributed by atoms with E-state index in [4.69, 9.17) is 4.74 Å². The maximum atomic E-state index is 15.4. The molecule has 12 nitrogen and oxygen atoms in total. The average molecular weight is 681 g/mol. The summed E-state index contributed by atoms with van der Waals surface area (Å²) in [5.74, 6) is -3.65. The van der Waals surface area contributed by atoms with Crippen molar-refractivity contribution in [3.05, 3.63) is 104 Å². The van der Waals surface area contributed by atoms with Gasteiger partial charge in [0.25, 0.3) is 11.5 Å². The molecule has 1 aliphatic rings. The molecular formula is C33H28F4N6O6. The van der Waals surface area contributed by atoms with Crippen LogP contribution in [0.5, 0.6) is 0 Å². The first-order chi connectivity index (χ1) is 23.3. The Labute approximate surface area is 274 Å². The van der Waals surface area contributed by atoms with Gasteiger partial charge in [0.05, 0.1) is 47.1 Å². The number of aryl methyl sites for hydroxylation is 2. The molecule has 49 heavy (non-hydrogen) atoms. The third kappa shape index (κ3) is 6.10. The summed E-state index contributed by atoms with van der Waals surface area (Å²) in [4.78, 5) is 61.8. The van der Waals surface area contributed by atoms with Crippen LogP contribution in [0, 0.1) is 12.7 Å². The second-order valence-electron chi connectivity index (χ2n) is 11.5. The first-order valence-corrected chi connectivity index (χ1v) is 15.0. The number of amides is 1. The number of fused-ring (bicyclic) bond motifs is 2. The summed E-state index contributed by atoms with van der Waals surface area (Å²) >= 11 is 0. The summed E-state index contributed by atoms with van der Waals surface area (Å²) in [5, 5.41) is 13.0. The molecule has 1 fully saturated rings. The Bertz CT molecular complexity index is 2230. The number of hydrogen-bond donors (Lipinski definition) is 2. The van der Waals surface area contributed by atoms with Crippen LogP contribution in [0.2, 0.25) is 0 Å². The smallest absolute Gasteiger partial charge is 0.411 e. The van der Waals surface area contributed by atoms with Gasteiger partial charge in [-0.3, -0.25) is 24.1 Å². The molecule has 1 aliphatic heterocycles. The minimum atomic E-state index is -4.65. The second kappa shape index (κ2) is 12.8. The van der Waals surface area contributed by atoms with E-state index >= 15 is 4.39 Å². The fourth-order valence-electron chi connectivity index (χ4n) is 6.10. The average Bonchev–Trinajstić information content (AvgIpc) is 3.07. The molecule has 1 amide bonds. The second-order valence-corrected chi connectivity index (χ2v) is 11.5. The molecule has 2 atom stereocenters. The molecule has 0 radical (unpaired) electrons. The first kappa shape index (κ1) is 33.3. The summed E-state index contributed by atoms with van der Waals surface area (Å²) in [6, 6.07) is 6.09. The Hall–Kier alpha value is -5.64. The summed E-state index contributed by atoms with van der Waals surface area (Å²) in [6.45, 7) is 0.548. The number of carboxylic acid groups (broad SMARTS) is 1. The van der Waals surface area contributed by atoms with Crippen molar-refractivity contribution < 1.29 is 37.0 Å². The lowest BCUT2D eigenvalue weighted by atomic mass is 9.99. The zero-order valence-electron chi connectivity index (χ0n) is 26.0. The summed E-state index contributed by atoms with van der Waals surface area (Å²) < 4.78 is 63.5. The monoisotopic (exact) mass is 680 g/mol.